The van der Waals surface area contributed by atoms with Crippen molar-refractivity contribution in [3.63, 3.8) is 0 Å². The SMILES string of the molecule is CNc1nc(C)cc(N2CCO[C@@H](c3ccc(Cl)c(Cl)c3)C2)n1. The van der Waals surface area contributed by atoms with Gasteiger partial charge in [0.1, 0.15) is 11.9 Å². The number of aromatic nitrogens is 2. The number of ether oxygens (including phenoxy) is 1. The van der Waals surface area contributed by atoms with Crippen molar-refractivity contribution >= 4 is 35.0 Å². The Hall–Kier alpha value is -1.56. The molecule has 122 valence electrons. The van der Waals surface area contributed by atoms with Crippen LogP contribution in [0.15, 0.2) is 24.3 Å². The first-order chi connectivity index (χ1) is 11.1. The quantitative estimate of drug-likeness (QED) is 0.912. The lowest BCUT2D eigenvalue weighted by molar-refractivity contribution is 0.0395. The second-order valence-electron chi connectivity index (χ2n) is 5.42. The zero-order valence-electron chi connectivity index (χ0n) is 13.0. The van der Waals surface area contributed by atoms with Crippen LogP contribution in [0.3, 0.4) is 0 Å². The van der Waals surface area contributed by atoms with Gasteiger partial charge in [-0.05, 0) is 24.6 Å². The van der Waals surface area contributed by atoms with Gasteiger partial charge in [0, 0.05) is 31.9 Å². The summed E-state index contributed by atoms with van der Waals surface area (Å²) in [6.45, 7) is 4.08. The Labute approximate surface area is 145 Å². The highest BCUT2D eigenvalue weighted by Gasteiger charge is 2.24. The van der Waals surface area contributed by atoms with Crippen LogP contribution in [-0.4, -0.2) is 36.7 Å². The molecule has 1 aromatic carbocycles. The largest absolute Gasteiger partial charge is 0.370 e. The summed E-state index contributed by atoms with van der Waals surface area (Å²) in [6.07, 6.45) is -0.0631. The molecule has 3 rings (SSSR count). The number of benzene rings is 1. The van der Waals surface area contributed by atoms with Gasteiger partial charge in [-0.2, -0.15) is 4.98 Å². The molecule has 1 N–H and O–H groups in total. The Kier molecular flexibility index (Phi) is 4.90. The Balaban J connectivity index is 1.83. The summed E-state index contributed by atoms with van der Waals surface area (Å²) in [6, 6.07) is 7.60. The third-order valence-electron chi connectivity index (χ3n) is 3.77. The molecule has 23 heavy (non-hydrogen) atoms. The highest BCUT2D eigenvalue weighted by molar-refractivity contribution is 6.42. The molecule has 5 nitrogen and oxygen atoms in total. The van der Waals surface area contributed by atoms with E-state index in [2.05, 4.69) is 20.2 Å². The lowest BCUT2D eigenvalue weighted by atomic mass is 10.1. The number of hydrogen-bond donors (Lipinski definition) is 1. The summed E-state index contributed by atoms with van der Waals surface area (Å²) in [5.41, 5.74) is 1.95. The number of aryl methyl sites for hydroxylation is 1. The Morgan fingerprint density at radius 1 is 1.22 bits per heavy atom. The Morgan fingerprint density at radius 3 is 2.78 bits per heavy atom. The number of hydrogen-bond acceptors (Lipinski definition) is 5. The molecular formula is C16H18Cl2N4O. The van der Waals surface area contributed by atoms with Crippen LogP contribution >= 0.6 is 23.2 Å². The van der Waals surface area contributed by atoms with Gasteiger partial charge < -0.3 is 15.0 Å². The molecule has 1 aliphatic rings. The van der Waals surface area contributed by atoms with E-state index in [1.165, 1.54) is 0 Å². The first-order valence-electron chi connectivity index (χ1n) is 7.42. The molecular weight excluding hydrogens is 335 g/mol. The standard InChI is InChI=1S/C16H18Cl2N4O/c1-10-7-15(21-16(19-2)20-10)22-5-6-23-14(9-22)11-3-4-12(17)13(18)8-11/h3-4,7-8,14H,5-6,9H2,1-2H3,(H,19,20,21)/t14-/m1/s1. The smallest absolute Gasteiger partial charge is 0.224 e. The van der Waals surface area contributed by atoms with Crippen molar-refractivity contribution in [2.24, 2.45) is 0 Å². The molecule has 1 fully saturated rings. The van der Waals surface area contributed by atoms with Crippen LogP contribution in [0.25, 0.3) is 0 Å². The summed E-state index contributed by atoms with van der Waals surface area (Å²) < 4.78 is 5.89. The number of anilines is 2. The maximum Gasteiger partial charge on any atom is 0.224 e. The zero-order chi connectivity index (χ0) is 16.4. The number of rotatable bonds is 3. The summed E-state index contributed by atoms with van der Waals surface area (Å²) in [5.74, 6) is 1.52. The van der Waals surface area contributed by atoms with E-state index in [0.29, 0.717) is 29.1 Å². The van der Waals surface area contributed by atoms with Gasteiger partial charge in [-0.3, -0.25) is 0 Å². The van der Waals surface area contributed by atoms with Crippen LogP contribution < -0.4 is 10.2 Å². The molecule has 1 saturated heterocycles. The lowest BCUT2D eigenvalue weighted by Gasteiger charge is -2.34. The molecule has 0 bridgehead atoms. The summed E-state index contributed by atoms with van der Waals surface area (Å²) in [4.78, 5) is 11.1. The van der Waals surface area contributed by atoms with Gasteiger partial charge >= 0.3 is 0 Å². The van der Waals surface area contributed by atoms with E-state index in [0.717, 1.165) is 23.6 Å². The lowest BCUT2D eigenvalue weighted by Crippen LogP contribution is -2.39. The van der Waals surface area contributed by atoms with E-state index in [4.69, 9.17) is 27.9 Å². The summed E-state index contributed by atoms with van der Waals surface area (Å²) in [7, 11) is 1.82. The third kappa shape index (κ3) is 3.68. The molecule has 1 aliphatic heterocycles. The van der Waals surface area contributed by atoms with Crippen molar-refractivity contribution in [1.29, 1.82) is 0 Å². The molecule has 1 aromatic heterocycles. The van der Waals surface area contributed by atoms with E-state index >= 15 is 0 Å². The number of halogens is 2. The van der Waals surface area contributed by atoms with Crippen molar-refractivity contribution in [3.05, 3.63) is 45.6 Å². The fourth-order valence-corrected chi connectivity index (χ4v) is 2.90. The molecule has 2 heterocycles. The average molecular weight is 353 g/mol. The maximum atomic E-state index is 6.12. The molecule has 0 spiro atoms. The van der Waals surface area contributed by atoms with Gasteiger partial charge in [0.25, 0.3) is 0 Å². The minimum atomic E-state index is -0.0631. The van der Waals surface area contributed by atoms with Crippen LogP contribution in [0.5, 0.6) is 0 Å². The number of nitrogens with zero attached hydrogens (tertiary/aromatic N) is 3. The normalized spacial score (nSPS) is 18.1. The van der Waals surface area contributed by atoms with Crippen LogP contribution in [0.2, 0.25) is 10.0 Å². The molecule has 1 atom stereocenters. The van der Waals surface area contributed by atoms with Crippen molar-refractivity contribution in [3.8, 4) is 0 Å². The van der Waals surface area contributed by atoms with E-state index in [1.54, 1.807) is 6.07 Å². The van der Waals surface area contributed by atoms with Gasteiger partial charge in [-0.1, -0.05) is 29.3 Å². The van der Waals surface area contributed by atoms with Gasteiger partial charge in [0.2, 0.25) is 5.95 Å². The van der Waals surface area contributed by atoms with Gasteiger partial charge in [-0.25, -0.2) is 4.98 Å². The molecule has 0 saturated carbocycles. The minimum absolute atomic E-state index is 0.0631. The van der Waals surface area contributed by atoms with Crippen LogP contribution in [0.1, 0.15) is 17.4 Å². The van der Waals surface area contributed by atoms with Gasteiger partial charge in [0.15, 0.2) is 0 Å². The molecule has 7 heteroatoms. The molecule has 0 aliphatic carbocycles. The highest BCUT2D eigenvalue weighted by atomic mass is 35.5. The third-order valence-corrected chi connectivity index (χ3v) is 4.51. The molecule has 0 amide bonds. The maximum absolute atomic E-state index is 6.12. The van der Waals surface area contributed by atoms with Gasteiger partial charge in [-0.15, -0.1) is 0 Å². The Bertz CT molecular complexity index is 710. The zero-order valence-corrected chi connectivity index (χ0v) is 14.5. The van der Waals surface area contributed by atoms with E-state index in [1.807, 2.05) is 32.2 Å². The summed E-state index contributed by atoms with van der Waals surface area (Å²) in [5, 5.41) is 4.08. The van der Waals surface area contributed by atoms with Crippen LogP contribution in [0.4, 0.5) is 11.8 Å². The number of morpholine rings is 1. The molecule has 0 unspecified atom stereocenters. The predicted octanol–water partition coefficient (Wildman–Crippen LogP) is 3.71. The fourth-order valence-electron chi connectivity index (χ4n) is 2.60. The summed E-state index contributed by atoms with van der Waals surface area (Å²) >= 11 is 12.1. The molecule has 2 aromatic rings. The van der Waals surface area contributed by atoms with Crippen LogP contribution in [0, 0.1) is 6.92 Å². The van der Waals surface area contributed by atoms with Crippen LogP contribution in [-0.2, 0) is 4.74 Å². The van der Waals surface area contributed by atoms with E-state index in [-0.39, 0.29) is 6.10 Å². The average Bonchev–Trinajstić information content (AvgIpc) is 2.57. The minimum Gasteiger partial charge on any atom is -0.370 e. The van der Waals surface area contributed by atoms with Crippen molar-refractivity contribution in [1.82, 2.24) is 9.97 Å². The predicted molar refractivity (Wildman–Crippen MR) is 93.7 cm³/mol. The second kappa shape index (κ2) is 6.91. The number of nitrogens with one attached hydrogen (secondary N) is 1. The second-order valence-corrected chi connectivity index (χ2v) is 6.23. The Morgan fingerprint density at radius 2 is 2.04 bits per heavy atom. The molecule has 0 radical (unpaired) electrons. The fraction of sp³-hybridized carbons (Fsp3) is 0.375. The van der Waals surface area contributed by atoms with Crippen molar-refractivity contribution in [2.75, 3.05) is 37.0 Å². The highest BCUT2D eigenvalue weighted by Crippen LogP contribution is 2.30. The monoisotopic (exact) mass is 352 g/mol. The van der Waals surface area contributed by atoms with Crippen molar-refractivity contribution in [2.45, 2.75) is 13.0 Å². The van der Waals surface area contributed by atoms with E-state index in [9.17, 15) is 0 Å². The first-order valence-corrected chi connectivity index (χ1v) is 8.17. The van der Waals surface area contributed by atoms with E-state index < -0.39 is 0 Å². The first kappa shape index (κ1) is 16.3. The van der Waals surface area contributed by atoms with Gasteiger partial charge in [0.05, 0.1) is 16.7 Å². The topological polar surface area (TPSA) is 50.3 Å². The van der Waals surface area contributed by atoms with Crippen molar-refractivity contribution < 1.29 is 4.74 Å².